The van der Waals surface area contributed by atoms with Gasteiger partial charge in [0, 0.05) is 72.6 Å². The van der Waals surface area contributed by atoms with Gasteiger partial charge in [0.05, 0.1) is 36.0 Å². The van der Waals surface area contributed by atoms with Crippen LogP contribution in [0.1, 0.15) is 66.8 Å². The van der Waals surface area contributed by atoms with E-state index < -0.39 is 30.1 Å². The van der Waals surface area contributed by atoms with Crippen molar-refractivity contribution in [2.75, 3.05) is 21.3 Å². The summed E-state index contributed by atoms with van der Waals surface area (Å²) in [5.41, 5.74) is 19.5. The smallest absolute Gasteiger partial charge is 0.243 e. The van der Waals surface area contributed by atoms with Crippen LogP contribution in [-0.4, -0.2) is 59.5 Å². The van der Waals surface area contributed by atoms with Crippen molar-refractivity contribution in [3.05, 3.63) is 212 Å². The maximum atomic E-state index is 14.8. The molecule has 426 valence electrons. The highest BCUT2D eigenvalue weighted by molar-refractivity contribution is 7.89. The van der Waals surface area contributed by atoms with Crippen LogP contribution in [0.15, 0.2) is 160 Å². The molecule has 9 aromatic carbocycles. The van der Waals surface area contributed by atoms with Gasteiger partial charge in [-0.05, 0) is 161 Å². The number of fused-ring (bicyclic) bond motifs is 21. The third kappa shape index (κ3) is 8.64. The molecule has 0 amide bonds. The molecule has 15 heteroatoms. The number of methoxy groups -OCH3 is 3. The molecule has 0 saturated heterocycles. The van der Waals surface area contributed by atoms with E-state index in [1.54, 1.807) is 70.6 Å². The monoisotopic (exact) mass is 1170 g/mol. The molecule has 0 fully saturated rings. The number of rotatable bonds is 9. The van der Waals surface area contributed by atoms with Gasteiger partial charge in [-0.1, -0.05) is 126 Å². The van der Waals surface area contributed by atoms with E-state index in [9.17, 15) is 25.3 Å². The largest absolute Gasteiger partial charge is 0.495 e. The molecule has 0 spiro atoms. The normalized spacial score (nSPS) is 14.8. The minimum Gasteiger partial charge on any atom is -0.495 e. The van der Waals surface area contributed by atoms with Crippen molar-refractivity contribution in [2.24, 2.45) is 0 Å². The van der Waals surface area contributed by atoms with Gasteiger partial charge in [-0.25, -0.2) is 25.3 Å². The second-order valence-corrected chi connectivity index (χ2v) is 28.5. The molecular formula is C69H63N3O9S3. The van der Waals surface area contributed by atoms with Crippen molar-refractivity contribution in [2.45, 2.75) is 95.5 Å². The van der Waals surface area contributed by atoms with E-state index in [1.165, 1.54) is 0 Å². The molecule has 4 aliphatic rings. The molecule has 0 saturated carbocycles. The zero-order chi connectivity index (χ0) is 58.9. The number of sulfonamides is 3. The second-order valence-electron chi connectivity index (χ2n) is 22.6. The molecule has 0 atom stereocenters. The molecule has 1 aliphatic carbocycles. The van der Waals surface area contributed by atoms with Gasteiger partial charge in [0.2, 0.25) is 30.1 Å². The summed E-state index contributed by atoms with van der Waals surface area (Å²) in [6, 6.07) is 45.3. The zero-order valence-electron chi connectivity index (χ0n) is 48.3. The van der Waals surface area contributed by atoms with Crippen molar-refractivity contribution in [3.63, 3.8) is 0 Å². The fourth-order valence-electron chi connectivity index (χ4n) is 13.3. The van der Waals surface area contributed by atoms with Crippen LogP contribution in [0, 0.1) is 41.5 Å². The Morgan fingerprint density at radius 3 is 0.762 bits per heavy atom. The maximum Gasteiger partial charge on any atom is 0.243 e. The molecule has 12 nitrogen and oxygen atoms in total. The molecule has 3 aliphatic heterocycles. The maximum absolute atomic E-state index is 14.8. The van der Waals surface area contributed by atoms with Crippen molar-refractivity contribution < 1.29 is 39.5 Å². The van der Waals surface area contributed by atoms with Crippen LogP contribution in [0.3, 0.4) is 0 Å². The van der Waals surface area contributed by atoms with Crippen LogP contribution in [0.4, 0.5) is 0 Å². The Labute approximate surface area is 492 Å². The highest BCUT2D eigenvalue weighted by Gasteiger charge is 2.41. The van der Waals surface area contributed by atoms with Crippen molar-refractivity contribution in [3.8, 4) is 84.0 Å². The average molecular weight is 1170 g/mol. The van der Waals surface area contributed by atoms with Crippen LogP contribution in [-0.2, 0) is 69.3 Å². The average Bonchev–Trinajstić information content (AvgIpc) is 1.59. The van der Waals surface area contributed by atoms with E-state index in [1.807, 2.05) is 133 Å². The third-order valence-electron chi connectivity index (χ3n) is 17.6. The lowest BCUT2D eigenvalue weighted by Gasteiger charge is -2.24. The Bertz CT molecular complexity index is 4150. The predicted molar refractivity (Wildman–Crippen MR) is 329 cm³/mol. The minimum atomic E-state index is -4.00. The van der Waals surface area contributed by atoms with Crippen molar-refractivity contribution in [1.82, 2.24) is 12.9 Å². The first kappa shape index (κ1) is 55.3. The fraction of sp³-hybridized carbons (Fsp3) is 0.217. The topological polar surface area (TPSA) is 140 Å². The summed E-state index contributed by atoms with van der Waals surface area (Å²) >= 11 is 0. The lowest BCUT2D eigenvalue weighted by molar-refractivity contribution is 0.417. The number of hydrogen-bond acceptors (Lipinski definition) is 9. The molecule has 3 heterocycles. The lowest BCUT2D eigenvalue weighted by Crippen LogP contribution is -2.25. The summed E-state index contributed by atoms with van der Waals surface area (Å²) in [6.45, 7) is 12.4. The number of nitrogens with zero attached hydrogens (tertiary/aromatic N) is 3. The first-order chi connectivity index (χ1) is 40.2. The summed E-state index contributed by atoms with van der Waals surface area (Å²) in [7, 11) is -7.03. The van der Waals surface area contributed by atoms with Gasteiger partial charge in [-0.2, -0.15) is 12.9 Å². The van der Waals surface area contributed by atoms with Gasteiger partial charge in [-0.15, -0.1) is 0 Å². The van der Waals surface area contributed by atoms with Crippen LogP contribution >= 0.6 is 0 Å². The van der Waals surface area contributed by atoms with E-state index in [-0.39, 0.29) is 54.0 Å². The molecule has 0 N–H and O–H groups in total. The van der Waals surface area contributed by atoms with Crippen LogP contribution < -0.4 is 14.2 Å². The molecule has 0 unspecified atom stereocenters. The standard InChI is InChI=1S/C69H63N3O9S3/c1-40-19-25-46(26-20-40)82(73,74)70-34-58-43(4)31-55-49-13-11-17-53(68(49)80-8)65-57(33-45(6)60-36-71(38-62(60)65)83(75,76)47-27-21-41(2)22-28-47)51-15-12-18-54(69(51)81-9)66-56(50-14-10-16-52(67(50)79-7)64(55)61(58)37-70)32-44(5)59-35-72(39-63(59)66)84(77,78)48-29-23-42(3)24-30-48/h10-33H,34-39H2,1-9H3. The molecular weight excluding hydrogens is 1110 g/mol. The minimum absolute atomic E-state index is 0.0589. The van der Waals surface area contributed by atoms with Gasteiger partial charge in [0.15, 0.2) is 0 Å². The van der Waals surface area contributed by atoms with Gasteiger partial charge < -0.3 is 14.2 Å². The summed E-state index contributed by atoms with van der Waals surface area (Å²) in [5, 5.41) is 0. The third-order valence-corrected chi connectivity index (χ3v) is 23.1. The molecule has 13 rings (SSSR count). The molecule has 0 radical (unpaired) electrons. The summed E-state index contributed by atoms with van der Waals surface area (Å²) in [4.78, 5) is 0.612. The lowest BCUT2D eigenvalue weighted by atomic mass is 9.82. The summed E-state index contributed by atoms with van der Waals surface area (Å²) in [6.07, 6.45) is 0. The first-order valence-electron chi connectivity index (χ1n) is 27.9. The Hall–Kier alpha value is -7.89. The Morgan fingerprint density at radius 1 is 0.298 bits per heavy atom. The zero-order valence-corrected chi connectivity index (χ0v) is 50.8. The van der Waals surface area contributed by atoms with Gasteiger partial charge >= 0.3 is 0 Å². The summed E-state index contributed by atoms with van der Waals surface area (Å²) in [5.74, 6) is 1.58. The second kappa shape index (κ2) is 20.4. The fourth-order valence-corrected chi connectivity index (χ4v) is 17.5. The molecule has 0 aromatic heterocycles. The number of aryl methyl sites for hydroxylation is 6. The SMILES string of the molecule is COc1c2cccc1-c1c(cc(C)c3c1CN(S(=O)(=O)c1ccc(C)cc1)C3)-c1cccc(c1OC)-c1c(cc(C)c3c1CN(S(=O)(=O)c1ccc(C)cc1)C3)-c1cccc(c1OC)-c1c-2cc(C)c2c1CN(S(=O)(=O)c1ccc(C)cc1)C2. The number of para-hydroxylation sites is 3. The highest BCUT2D eigenvalue weighted by atomic mass is 32.2. The van der Waals surface area contributed by atoms with E-state index >= 15 is 0 Å². The molecule has 9 aromatic rings. The van der Waals surface area contributed by atoms with E-state index in [2.05, 4.69) is 18.2 Å². The van der Waals surface area contributed by atoms with Crippen molar-refractivity contribution >= 4 is 30.1 Å². The Kier molecular flexibility index (Phi) is 13.4. The molecule has 6 bridgehead atoms. The van der Waals surface area contributed by atoms with E-state index in [4.69, 9.17) is 14.2 Å². The van der Waals surface area contributed by atoms with Crippen LogP contribution in [0.2, 0.25) is 0 Å². The number of hydrogen-bond donors (Lipinski definition) is 0. The predicted octanol–water partition coefficient (Wildman–Crippen LogP) is 14.0. The van der Waals surface area contributed by atoms with Crippen LogP contribution in [0.5, 0.6) is 17.2 Å². The highest BCUT2D eigenvalue weighted by Crippen LogP contribution is 2.57. The van der Waals surface area contributed by atoms with Crippen molar-refractivity contribution in [1.29, 1.82) is 0 Å². The Balaban J connectivity index is 1.14. The molecule has 84 heavy (non-hydrogen) atoms. The Morgan fingerprint density at radius 2 is 0.524 bits per heavy atom. The first-order valence-corrected chi connectivity index (χ1v) is 32.3. The van der Waals surface area contributed by atoms with Gasteiger partial charge in [-0.3, -0.25) is 0 Å². The van der Waals surface area contributed by atoms with Gasteiger partial charge in [0.1, 0.15) is 17.2 Å². The van der Waals surface area contributed by atoms with Gasteiger partial charge in [0.25, 0.3) is 0 Å². The van der Waals surface area contributed by atoms with E-state index in [0.29, 0.717) is 33.9 Å². The quantitative estimate of drug-likeness (QED) is 0.138. The van der Waals surface area contributed by atoms with E-state index in [0.717, 1.165) is 117 Å². The number of benzene rings is 9. The summed E-state index contributed by atoms with van der Waals surface area (Å²) < 4.78 is 114. The number of ether oxygens (including phenoxy) is 3. The van der Waals surface area contributed by atoms with Crippen LogP contribution in [0.25, 0.3) is 66.8 Å².